The molecule has 0 aliphatic heterocycles. The summed E-state index contributed by atoms with van der Waals surface area (Å²) in [7, 11) is 0. The van der Waals surface area contributed by atoms with Gasteiger partial charge in [0.2, 0.25) is 0 Å². The van der Waals surface area contributed by atoms with Crippen LogP contribution in [0.15, 0.2) is 0 Å². The minimum Gasteiger partial charge on any atom is -0.304 e. The fraction of sp³-hybridized carbons (Fsp3) is 0.846. The quantitative estimate of drug-likeness (QED) is 0.581. The van der Waals surface area contributed by atoms with Crippen molar-refractivity contribution in [3.8, 4) is 12.1 Å². The van der Waals surface area contributed by atoms with E-state index in [0.717, 1.165) is 45.7 Å². The van der Waals surface area contributed by atoms with Gasteiger partial charge in [-0.25, -0.2) is 0 Å². The number of nitriles is 2. The highest BCUT2D eigenvalue weighted by Crippen LogP contribution is 1.98. The fourth-order valence-electron chi connectivity index (χ4n) is 1.81. The highest BCUT2D eigenvalue weighted by Gasteiger charge is 2.05. The van der Waals surface area contributed by atoms with E-state index in [4.69, 9.17) is 10.5 Å². The van der Waals surface area contributed by atoms with Crippen molar-refractivity contribution in [2.45, 2.75) is 33.1 Å². The second-order valence-electron chi connectivity index (χ2n) is 4.04. The molecule has 0 heterocycles. The summed E-state index contributed by atoms with van der Waals surface area (Å²) in [4.78, 5) is 4.61. The predicted octanol–water partition coefficient (Wildman–Crippen LogP) is 1.85. The third-order valence-electron chi connectivity index (χ3n) is 2.92. The molecule has 0 bridgehead atoms. The smallest absolute Gasteiger partial charge is 0.0635 e. The van der Waals surface area contributed by atoms with E-state index in [1.165, 1.54) is 0 Å². The Morgan fingerprint density at radius 3 is 1.65 bits per heavy atom. The van der Waals surface area contributed by atoms with Gasteiger partial charge in [0.1, 0.15) is 0 Å². The molecule has 0 aliphatic carbocycles. The maximum absolute atomic E-state index is 8.58. The molecule has 0 spiro atoms. The van der Waals surface area contributed by atoms with Crippen molar-refractivity contribution in [2.75, 3.05) is 39.3 Å². The average Bonchev–Trinajstić information content (AvgIpc) is 2.37. The van der Waals surface area contributed by atoms with Gasteiger partial charge in [0.05, 0.1) is 12.1 Å². The van der Waals surface area contributed by atoms with Crippen LogP contribution < -0.4 is 0 Å². The summed E-state index contributed by atoms with van der Waals surface area (Å²) < 4.78 is 0. The predicted molar refractivity (Wildman–Crippen MR) is 69.3 cm³/mol. The van der Waals surface area contributed by atoms with Gasteiger partial charge in [0.15, 0.2) is 0 Å². The van der Waals surface area contributed by atoms with Gasteiger partial charge >= 0.3 is 0 Å². The first-order valence-corrected chi connectivity index (χ1v) is 6.47. The summed E-state index contributed by atoms with van der Waals surface area (Å²) >= 11 is 0. The van der Waals surface area contributed by atoms with Crippen molar-refractivity contribution >= 4 is 0 Å². The maximum Gasteiger partial charge on any atom is 0.0635 e. The van der Waals surface area contributed by atoms with Crippen LogP contribution in [0.5, 0.6) is 0 Å². The molecule has 0 N–H and O–H groups in total. The summed E-state index contributed by atoms with van der Waals surface area (Å²) in [6, 6.07) is 4.32. The lowest BCUT2D eigenvalue weighted by Crippen LogP contribution is -2.31. The largest absolute Gasteiger partial charge is 0.304 e. The summed E-state index contributed by atoms with van der Waals surface area (Å²) in [6.45, 7) is 10.2. The molecule has 17 heavy (non-hydrogen) atoms. The molecule has 0 fully saturated rings. The van der Waals surface area contributed by atoms with Crippen molar-refractivity contribution in [1.29, 1.82) is 10.5 Å². The summed E-state index contributed by atoms with van der Waals surface area (Å²) in [5.41, 5.74) is 0. The molecule has 0 saturated carbocycles. The second-order valence-corrected chi connectivity index (χ2v) is 4.04. The summed E-state index contributed by atoms with van der Waals surface area (Å²) in [5, 5.41) is 17.2. The Hall–Kier alpha value is -1.10. The Balaban J connectivity index is 3.82. The van der Waals surface area contributed by atoms with E-state index in [2.05, 4.69) is 35.8 Å². The summed E-state index contributed by atoms with van der Waals surface area (Å²) in [5.74, 6) is 0. The maximum atomic E-state index is 8.58. The van der Waals surface area contributed by atoms with Crippen LogP contribution in [0.25, 0.3) is 0 Å². The molecule has 0 aromatic heterocycles. The molecule has 4 heteroatoms. The standard InChI is InChI=1S/C13H24N4/c1-3-16(4-2)12-7-13-17(10-5-8-14)11-6-9-15/h3-7,10-13H2,1-2H3. The average molecular weight is 236 g/mol. The van der Waals surface area contributed by atoms with E-state index in [1.54, 1.807) is 0 Å². The van der Waals surface area contributed by atoms with Crippen molar-refractivity contribution in [1.82, 2.24) is 9.80 Å². The van der Waals surface area contributed by atoms with E-state index in [-0.39, 0.29) is 0 Å². The third kappa shape index (κ3) is 8.68. The Morgan fingerprint density at radius 2 is 1.24 bits per heavy atom. The van der Waals surface area contributed by atoms with Crippen LogP contribution in [-0.2, 0) is 0 Å². The van der Waals surface area contributed by atoms with Crippen molar-refractivity contribution < 1.29 is 0 Å². The van der Waals surface area contributed by atoms with Gasteiger partial charge in [-0.05, 0) is 32.6 Å². The minimum absolute atomic E-state index is 0.552. The van der Waals surface area contributed by atoms with Crippen LogP contribution in [0.2, 0.25) is 0 Å². The zero-order valence-corrected chi connectivity index (χ0v) is 11.2. The molecule has 0 aromatic carbocycles. The van der Waals surface area contributed by atoms with Gasteiger partial charge in [-0.1, -0.05) is 13.8 Å². The Kier molecular flexibility index (Phi) is 10.7. The molecule has 0 rings (SSSR count). The summed E-state index contributed by atoms with van der Waals surface area (Å²) in [6.07, 6.45) is 2.21. The van der Waals surface area contributed by atoms with Crippen LogP contribution in [0.3, 0.4) is 0 Å². The van der Waals surface area contributed by atoms with E-state index >= 15 is 0 Å². The van der Waals surface area contributed by atoms with Gasteiger partial charge in [0, 0.05) is 25.9 Å². The molecule has 0 radical (unpaired) electrons. The highest BCUT2D eigenvalue weighted by molar-refractivity contribution is 4.76. The first kappa shape index (κ1) is 15.9. The van der Waals surface area contributed by atoms with E-state index in [0.29, 0.717) is 12.8 Å². The minimum atomic E-state index is 0.552. The van der Waals surface area contributed by atoms with Crippen LogP contribution in [0.4, 0.5) is 0 Å². The zero-order valence-electron chi connectivity index (χ0n) is 11.2. The van der Waals surface area contributed by atoms with Gasteiger partial charge in [-0.15, -0.1) is 0 Å². The lowest BCUT2D eigenvalue weighted by molar-refractivity contribution is 0.242. The molecular formula is C13H24N4. The molecular weight excluding hydrogens is 212 g/mol. The fourth-order valence-corrected chi connectivity index (χ4v) is 1.81. The van der Waals surface area contributed by atoms with Crippen molar-refractivity contribution in [3.63, 3.8) is 0 Å². The monoisotopic (exact) mass is 236 g/mol. The van der Waals surface area contributed by atoms with Gasteiger partial charge < -0.3 is 9.80 Å². The van der Waals surface area contributed by atoms with Gasteiger partial charge in [-0.3, -0.25) is 0 Å². The first-order valence-electron chi connectivity index (χ1n) is 6.47. The third-order valence-corrected chi connectivity index (χ3v) is 2.92. The van der Waals surface area contributed by atoms with Crippen molar-refractivity contribution in [2.24, 2.45) is 0 Å². The number of nitrogens with zero attached hydrogens (tertiary/aromatic N) is 4. The van der Waals surface area contributed by atoms with Gasteiger partial charge in [-0.2, -0.15) is 10.5 Å². The second kappa shape index (κ2) is 11.4. The van der Waals surface area contributed by atoms with Crippen LogP contribution in [0, 0.1) is 22.7 Å². The normalized spacial score (nSPS) is 10.5. The topological polar surface area (TPSA) is 54.1 Å². The van der Waals surface area contributed by atoms with E-state index in [1.807, 2.05) is 0 Å². The SMILES string of the molecule is CCN(CC)CCCN(CCC#N)CCC#N. The number of rotatable bonds is 10. The van der Waals surface area contributed by atoms with Crippen LogP contribution >= 0.6 is 0 Å². The molecule has 0 aliphatic rings. The van der Waals surface area contributed by atoms with Crippen LogP contribution in [-0.4, -0.2) is 49.1 Å². The highest BCUT2D eigenvalue weighted by atomic mass is 15.1. The molecule has 0 unspecified atom stereocenters. The lowest BCUT2D eigenvalue weighted by atomic mass is 10.3. The number of hydrogen-bond acceptors (Lipinski definition) is 4. The molecule has 4 nitrogen and oxygen atoms in total. The number of hydrogen-bond donors (Lipinski definition) is 0. The van der Waals surface area contributed by atoms with Gasteiger partial charge in [0.25, 0.3) is 0 Å². The Bertz CT molecular complexity index is 229. The molecule has 0 amide bonds. The van der Waals surface area contributed by atoms with E-state index in [9.17, 15) is 0 Å². The first-order chi connectivity index (χ1) is 8.28. The lowest BCUT2D eigenvalue weighted by Gasteiger charge is -2.23. The molecule has 96 valence electrons. The molecule has 0 saturated heterocycles. The Morgan fingerprint density at radius 1 is 0.765 bits per heavy atom. The molecule has 0 atom stereocenters. The molecule has 0 aromatic rings. The van der Waals surface area contributed by atoms with E-state index < -0.39 is 0 Å². The van der Waals surface area contributed by atoms with Crippen molar-refractivity contribution in [3.05, 3.63) is 0 Å². The zero-order chi connectivity index (χ0) is 12.9. The van der Waals surface area contributed by atoms with Crippen LogP contribution in [0.1, 0.15) is 33.1 Å². The Labute approximate surface area is 105 Å².